The van der Waals surface area contributed by atoms with Crippen molar-refractivity contribution in [3.05, 3.63) is 16.6 Å². The molecule has 1 aromatic rings. The molecule has 0 bridgehead atoms. The van der Waals surface area contributed by atoms with Gasteiger partial charge in [-0.3, -0.25) is 9.59 Å². The SMILES string of the molecule is CCOC(=O)CCN(C)C(=O)c1cscn1. The number of ether oxygens (including phenoxy) is 1. The lowest BCUT2D eigenvalue weighted by atomic mass is 10.3. The van der Waals surface area contributed by atoms with Gasteiger partial charge in [0.25, 0.3) is 5.91 Å². The number of esters is 1. The van der Waals surface area contributed by atoms with E-state index < -0.39 is 0 Å². The molecule has 0 aliphatic carbocycles. The first-order valence-corrected chi connectivity index (χ1v) is 5.88. The van der Waals surface area contributed by atoms with Gasteiger partial charge in [0.1, 0.15) is 5.69 Å². The fourth-order valence-electron chi connectivity index (χ4n) is 1.11. The van der Waals surface area contributed by atoms with Gasteiger partial charge < -0.3 is 9.64 Å². The van der Waals surface area contributed by atoms with Gasteiger partial charge in [0.15, 0.2) is 0 Å². The van der Waals surface area contributed by atoms with Crippen LogP contribution in [-0.2, 0) is 9.53 Å². The Bertz CT molecular complexity index is 351. The van der Waals surface area contributed by atoms with Crippen molar-refractivity contribution >= 4 is 23.2 Å². The zero-order chi connectivity index (χ0) is 12.0. The van der Waals surface area contributed by atoms with E-state index in [1.807, 2.05) is 0 Å². The first-order valence-electron chi connectivity index (χ1n) is 4.94. The number of thiazole rings is 1. The van der Waals surface area contributed by atoms with Crippen LogP contribution in [-0.4, -0.2) is 42.0 Å². The Balaban J connectivity index is 2.38. The van der Waals surface area contributed by atoms with Gasteiger partial charge in [0.05, 0.1) is 18.5 Å². The van der Waals surface area contributed by atoms with Crippen molar-refractivity contribution in [1.82, 2.24) is 9.88 Å². The van der Waals surface area contributed by atoms with Gasteiger partial charge >= 0.3 is 5.97 Å². The molecule has 1 aromatic heterocycles. The second-order valence-electron chi connectivity index (χ2n) is 3.16. The van der Waals surface area contributed by atoms with E-state index in [2.05, 4.69) is 4.98 Å². The minimum absolute atomic E-state index is 0.175. The Morgan fingerprint density at radius 2 is 2.31 bits per heavy atom. The molecule has 0 aliphatic rings. The van der Waals surface area contributed by atoms with Crippen LogP contribution in [0.1, 0.15) is 23.8 Å². The maximum Gasteiger partial charge on any atom is 0.307 e. The largest absolute Gasteiger partial charge is 0.466 e. The monoisotopic (exact) mass is 242 g/mol. The molecule has 5 nitrogen and oxygen atoms in total. The summed E-state index contributed by atoms with van der Waals surface area (Å²) in [5, 5.41) is 1.68. The second-order valence-corrected chi connectivity index (χ2v) is 3.87. The minimum atomic E-state index is -0.291. The van der Waals surface area contributed by atoms with E-state index in [-0.39, 0.29) is 18.3 Å². The van der Waals surface area contributed by atoms with Crippen LogP contribution < -0.4 is 0 Å². The summed E-state index contributed by atoms with van der Waals surface area (Å²) in [6.45, 7) is 2.46. The Labute approximate surface area is 98.0 Å². The van der Waals surface area contributed by atoms with E-state index in [9.17, 15) is 9.59 Å². The number of carbonyl (C=O) groups is 2. The maximum absolute atomic E-state index is 11.7. The summed E-state index contributed by atoms with van der Waals surface area (Å²) in [5.74, 6) is -0.467. The van der Waals surface area contributed by atoms with Gasteiger partial charge in [-0.1, -0.05) is 0 Å². The molecule has 0 aromatic carbocycles. The van der Waals surface area contributed by atoms with Gasteiger partial charge in [-0.05, 0) is 6.92 Å². The van der Waals surface area contributed by atoms with Crippen molar-refractivity contribution in [2.75, 3.05) is 20.2 Å². The van der Waals surface area contributed by atoms with E-state index in [1.54, 1.807) is 24.9 Å². The Kier molecular flexibility index (Phi) is 4.91. The first kappa shape index (κ1) is 12.6. The number of aromatic nitrogens is 1. The minimum Gasteiger partial charge on any atom is -0.466 e. The molecule has 0 aliphatic heterocycles. The number of carbonyl (C=O) groups excluding carboxylic acids is 2. The smallest absolute Gasteiger partial charge is 0.307 e. The molecular weight excluding hydrogens is 228 g/mol. The molecule has 1 rings (SSSR count). The summed E-state index contributed by atoms with van der Waals surface area (Å²) in [5.41, 5.74) is 2.02. The molecule has 0 radical (unpaired) electrons. The van der Waals surface area contributed by atoms with E-state index >= 15 is 0 Å². The molecular formula is C10H14N2O3S. The molecule has 88 valence electrons. The molecule has 0 saturated carbocycles. The summed E-state index contributed by atoms with van der Waals surface area (Å²) in [7, 11) is 1.64. The van der Waals surface area contributed by atoms with Crippen molar-refractivity contribution in [1.29, 1.82) is 0 Å². The fourth-order valence-corrected chi connectivity index (χ4v) is 1.63. The predicted octanol–water partition coefficient (Wildman–Crippen LogP) is 1.17. The maximum atomic E-state index is 11.7. The van der Waals surface area contributed by atoms with Crippen molar-refractivity contribution in [3.63, 3.8) is 0 Å². The fraction of sp³-hybridized carbons (Fsp3) is 0.500. The molecule has 6 heteroatoms. The summed E-state index contributed by atoms with van der Waals surface area (Å²) in [6, 6.07) is 0. The van der Waals surface area contributed by atoms with Gasteiger partial charge in [0.2, 0.25) is 0 Å². The zero-order valence-corrected chi connectivity index (χ0v) is 10.1. The van der Waals surface area contributed by atoms with E-state index in [1.165, 1.54) is 16.2 Å². The van der Waals surface area contributed by atoms with E-state index in [0.717, 1.165) is 0 Å². The van der Waals surface area contributed by atoms with Crippen LogP contribution in [0.5, 0.6) is 0 Å². The highest BCUT2D eigenvalue weighted by Gasteiger charge is 2.14. The van der Waals surface area contributed by atoms with Crippen LogP contribution in [0.3, 0.4) is 0 Å². The Morgan fingerprint density at radius 1 is 1.56 bits per heavy atom. The highest BCUT2D eigenvalue weighted by molar-refractivity contribution is 7.07. The second kappa shape index (κ2) is 6.22. The number of hydrogen-bond donors (Lipinski definition) is 0. The van der Waals surface area contributed by atoms with E-state index in [0.29, 0.717) is 18.8 Å². The van der Waals surface area contributed by atoms with Crippen LogP contribution >= 0.6 is 11.3 Å². The van der Waals surface area contributed by atoms with Crippen LogP contribution in [0.4, 0.5) is 0 Å². The van der Waals surface area contributed by atoms with Crippen LogP contribution in [0, 0.1) is 0 Å². The molecule has 0 unspecified atom stereocenters. The number of nitrogens with zero attached hydrogens (tertiary/aromatic N) is 2. The number of rotatable bonds is 5. The average Bonchev–Trinajstić information content (AvgIpc) is 2.78. The summed E-state index contributed by atoms with van der Waals surface area (Å²) < 4.78 is 4.77. The zero-order valence-electron chi connectivity index (χ0n) is 9.30. The quantitative estimate of drug-likeness (QED) is 0.727. The number of amides is 1. The standard InChI is InChI=1S/C10H14N2O3S/c1-3-15-9(13)4-5-12(2)10(14)8-6-16-7-11-8/h6-7H,3-5H2,1-2H3. The van der Waals surface area contributed by atoms with Gasteiger partial charge in [-0.25, -0.2) is 4.98 Å². The lowest BCUT2D eigenvalue weighted by molar-refractivity contribution is -0.143. The molecule has 1 heterocycles. The third-order valence-electron chi connectivity index (χ3n) is 1.95. The van der Waals surface area contributed by atoms with Crippen molar-refractivity contribution in [2.24, 2.45) is 0 Å². The normalized spacial score (nSPS) is 9.88. The molecule has 1 amide bonds. The molecule has 0 spiro atoms. The van der Waals surface area contributed by atoms with Crippen molar-refractivity contribution < 1.29 is 14.3 Å². The predicted molar refractivity (Wildman–Crippen MR) is 60.3 cm³/mol. The summed E-state index contributed by atoms with van der Waals surface area (Å²) in [6.07, 6.45) is 0.209. The third kappa shape index (κ3) is 3.62. The third-order valence-corrected chi connectivity index (χ3v) is 2.54. The summed E-state index contributed by atoms with van der Waals surface area (Å²) >= 11 is 1.37. The Morgan fingerprint density at radius 3 is 2.88 bits per heavy atom. The van der Waals surface area contributed by atoms with Crippen LogP contribution in [0.25, 0.3) is 0 Å². The summed E-state index contributed by atoms with van der Waals surface area (Å²) in [4.78, 5) is 28.2. The van der Waals surface area contributed by atoms with Crippen LogP contribution in [0.15, 0.2) is 10.9 Å². The average molecular weight is 242 g/mol. The van der Waals surface area contributed by atoms with E-state index in [4.69, 9.17) is 4.74 Å². The highest BCUT2D eigenvalue weighted by Crippen LogP contribution is 2.04. The Hall–Kier alpha value is -1.43. The molecule has 0 N–H and O–H groups in total. The highest BCUT2D eigenvalue weighted by atomic mass is 32.1. The molecule has 0 saturated heterocycles. The lowest BCUT2D eigenvalue weighted by Crippen LogP contribution is -2.29. The van der Waals surface area contributed by atoms with Crippen molar-refractivity contribution in [3.8, 4) is 0 Å². The van der Waals surface area contributed by atoms with Gasteiger partial charge in [0, 0.05) is 19.0 Å². The van der Waals surface area contributed by atoms with Crippen molar-refractivity contribution in [2.45, 2.75) is 13.3 Å². The van der Waals surface area contributed by atoms with Gasteiger partial charge in [-0.15, -0.1) is 11.3 Å². The molecule has 16 heavy (non-hydrogen) atoms. The lowest BCUT2D eigenvalue weighted by Gasteiger charge is -2.14. The first-order chi connectivity index (χ1) is 7.65. The molecule has 0 fully saturated rings. The van der Waals surface area contributed by atoms with Gasteiger partial charge in [-0.2, -0.15) is 0 Å². The van der Waals surface area contributed by atoms with Crippen LogP contribution in [0.2, 0.25) is 0 Å². The number of hydrogen-bond acceptors (Lipinski definition) is 5. The molecule has 0 atom stereocenters. The topological polar surface area (TPSA) is 59.5 Å².